The van der Waals surface area contributed by atoms with Crippen LogP contribution in [0.3, 0.4) is 0 Å². The van der Waals surface area contributed by atoms with Crippen molar-refractivity contribution in [2.24, 2.45) is 0 Å². The van der Waals surface area contributed by atoms with Crippen LogP contribution in [0.4, 0.5) is 19.2 Å². The van der Waals surface area contributed by atoms with Crippen LogP contribution < -0.4 is 31.9 Å². The number of urea groups is 2. The number of rotatable bonds is 21. The van der Waals surface area contributed by atoms with Gasteiger partial charge in [0.25, 0.3) is 0 Å². The Hall–Kier alpha value is -2.92. The molecule has 2 saturated carbocycles. The lowest BCUT2D eigenvalue weighted by Gasteiger charge is -2.22. The van der Waals surface area contributed by atoms with Gasteiger partial charge in [0.2, 0.25) is 0 Å². The van der Waals surface area contributed by atoms with Crippen LogP contribution in [0.5, 0.6) is 0 Å². The first kappa shape index (κ1) is 37.3. The predicted octanol–water partition coefficient (Wildman–Crippen LogP) is 5.60. The van der Waals surface area contributed by atoms with Gasteiger partial charge in [-0.1, -0.05) is 89.9 Å². The first-order valence-electron chi connectivity index (χ1n) is 17.4. The van der Waals surface area contributed by atoms with E-state index in [0.29, 0.717) is 26.2 Å². The van der Waals surface area contributed by atoms with Crippen molar-refractivity contribution in [1.82, 2.24) is 31.9 Å². The minimum absolute atomic E-state index is 0.166. The summed E-state index contributed by atoms with van der Waals surface area (Å²) >= 11 is 0. The van der Waals surface area contributed by atoms with Gasteiger partial charge in [0.05, 0.1) is 13.1 Å². The van der Waals surface area contributed by atoms with Crippen molar-refractivity contribution in [3.63, 3.8) is 0 Å². The summed E-state index contributed by atoms with van der Waals surface area (Å²) in [6, 6.07) is -0.00515. The SMILES string of the molecule is O=C(NCCCCCCCCCCCCNC(=O)NCCOC(=O)NC1CCCCC1)NCCOC(=O)NC1CCCCC1. The van der Waals surface area contributed by atoms with E-state index in [2.05, 4.69) is 31.9 Å². The molecular formula is C32H60N6O6. The molecule has 0 unspecified atom stereocenters. The number of hydrogen-bond donors (Lipinski definition) is 6. The van der Waals surface area contributed by atoms with E-state index in [1.54, 1.807) is 0 Å². The summed E-state index contributed by atoms with van der Waals surface area (Å²) in [4.78, 5) is 47.3. The van der Waals surface area contributed by atoms with Gasteiger partial charge in [0.15, 0.2) is 0 Å². The molecule has 254 valence electrons. The molecule has 0 aromatic rings. The van der Waals surface area contributed by atoms with Crippen LogP contribution >= 0.6 is 0 Å². The van der Waals surface area contributed by atoms with Gasteiger partial charge in [0, 0.05) is 25.2 Å². The maximum absolute atomic E-state index is 11.8. The molecule has 44 heavy (non-hydrogen) atoms. The molecule has 0 aliphatic heterocycles. The second-order valence-electron chi connectivity index (χ2n) is 12.1. The Balaban J connectivity index is 1.24. The number of alkyl carbamates (subject to hydrolysis) is 2. The van der Waals surface area contributed by atoms with Gasteiger partial charge in [-0.3, -0.25) is 0 Å². The van der Waals surface area contributed by atoms with Crippen molar-refractivity contribution in [2.45, 2.75) is 141 Å². The molecule has 0 aromatic carbocycles. The average molecular weight is 625 g/mol. The van der Waals surface area contributed by atoms with E-state index in [-0.39, 0.29) is 37.4 Å². The van der Waals surface area contributed by atoms with Gasteiger partial charge >= 0.3 is 24.2 Å². The Labute approximate surface area is 264 Å². The summed E-state index contributed by atoms with van der Waals surface area (Å²) in [5.74, 6) is 0. The Morgan fingerprint density at radius 2 is 0.750 bits per heavy atom. The van der Waals surface area contributed by atoms with Gasteiger partial charge in [-0.05, 0) is 38.5 Å². The third-order valence-corrected chi connectivity index (χ3v) is 8.27. The Morgan fingerprint density at radius 3 is 1.11 bits per heavy atom. The summed E-state index contributed by atoms with van der Waals surface area (Å²) < 4.78 is 10.3. The Morgan fingerprint density at radius 1 is 0.432 bits per heavy atom. The minimum Gasteiger partial charge on any atom is -0.448 e. The van der Waals surface area contributed by atoms with E-state index in [9.17, 15) is 19.2 Å². The molecule has 12 heteroatoms. The highest BCUT2D eigenvalue weighted by Crippen LogP contribution is 2.18. The molecule has 6 N–H and O–H groups in total. The summed E-state index contributed by atoms with van der Waals surface area (Å²) in [7, 11) is 0. The minimum atomic E-state index is -0.398. The first-order valence-corrected chi connectivity index (χ1v) is 17.4. The zero-order valence-corrected chi connectivity index (χ0v) is 27.0. The molecular weight excluding hydrogens is 564 g/mol. The molecule has 2 aliphatic rings. The zero-order valence-electron chi connectivity index (χ0n) is 27.0. The number of hydrogen-bond acceptors (Lipinski definition) is 6. The van der Waals surface area contributed by atoms with E-state index >= 15 is 0 Å². The highest BCUT2D eigenvalue weighted by atomic mass is 16.6. The fourth-order valence-corrected chi connectivity index (χ4v) is 5.72. The molecule has 2 fully saturated rings. The number of carbonyl (C=O) groups is 4. The van der Waals surface area contributed by atoms with Gasteiger partial charge in [-0.15, -0.1) is 0 Å². The summed E-state index contributed by atoms with van der Waals surface area (Å²) in [5, 5.41) is 16.9. The van der Waals surface area contributed by atoms with Crippen molar-refractivity contribution in [3.05, 3.63) is 0 Å². The Kier molecular flexibility index (Phi) is 21.5. The number of ether oxygens (including phenoxy) is 2. The van der Waals surface area contributed by atoms with Crippen LogP contribution in [0, 0.1) is 0 Å². The molecule has 0 radical (unpaired) electrons. The lowest BCUT2D eigenvalue weighted by Crippen LogP contribution is -2.40. The van der Waals surface area contributed by atoms with E-state index < -0.39 is 12.2 Å². The molecule has 0 saturated heterocycles. The van der Waals surface area contributed by atoms with Crippen LogP contribution in [0.1, 0.15) is 128 Å². The molecule has 2 aliphatic carbocycles. The molecule has 0 spiro atoms. The molecule has 0 atom stereocenters. The molecule has 12 nitrogen and oxygen atoms in total. The lowest BCUT2D eigenvalue weighted by molar-refractivity contribution is 0.139. The van der Waals surface area contributed by atoms with Crippen molar-refractivity contribution >= 4 is 24.2 Å². The van der Waals surface area contributed by atoms with Crippen LogP contribution in [0.15, 0.2) is 0 Å². The average Bonchev–Trinajstić information content (AvgIpc) is 3.02. The summed E-state index contributed by atoms with van der Waals surface area (Å²) in [6.45, 7) is 2.22. The third kappa shape index (κ3) is 20.9. The molecule has 0 aromatic heterocycles. The predicted molar refractivity (Wildman–Crippen MR) is 172 cm³/mol. The molecule has 0 bridgehead atoms. The van der Waals surface area contributed by atoms with E-state index in [0.717, 1.165) is 77.0 Å². The summed E-state index contributed by atoms with van der Waals surface area (Å²) in [6.07, 6.45) is 21.7. The van der Waals surface area contributed by atoms with Gasteiger partial charge in [-0.2, -0.15) is 0 Å². The third-order valence-electron chi connectivity index (χ3n) is 8.27. The smallest absolute Gasteiger partial charge is 0.407 e. The zero-order chi connectivity index (χ0) is 31.5. The Bertz CT molecular complexity index is 725. The second-order valence-corrected chi connectivity index (χ2v) is 12.1. The van der Waals surface area contributed by atoms with E-state index in [1.165, 1.54) is 51.4 Å². The largest absolute Gasteiger partial charge is 0.448 e. The highest BCUT2D eigenvalue weighted by molar-refractivity contribution is 5.74. The maximum atomic E-state index is 11.8. The quantitative estimate of drug-likeness (QED) is 0.0912. The molecule has 0 heterocycles. The topological polar surface area (TPSA) is 159 Å². The van der Waals surface area contributed by atoms with Crippen molar-refractivity contribution in [2.75, 3.05) is 39.4 Å². The summed E-state index contributed by atoms with van der Waals surface area (Å²) in [5.41, 5.74) is 0. The highest BCUT2D eigenvalue weighted by Gasteiger charge is 2.17. The first-order chi connectivity index (χ1) is 21.5. The van der Waals surface area contributed by atoms with E-state index in [1.807, 2.05) is 0 Å². The van der Waals surface area contributed by atoms with Gasteiger partial charge in [-0.25, -0.2) is 19.2 Å². The molecule has 6 amide bonds. The van der Waals surface area contributed by atoms with Crippen molar-refractivity contribution in [3.8, 4) is 0 Å². The molecule has 2 rings (SSSR count). The van der Waals surface area contributed by atoms with Crippen molar-refractivity contribution in [1.29, 1.82) is 0 Å². The number of nitrogens with one attached hydrogen (secondary N) is 6. The fraction of sp³-hybridized carbons (Fsp3) is 0.875. The van der Waals surface area contributed by atoms with Crippen molar-refractivity contribution < 1.29 is 28.7 Å². The van der Waals surface area contributed by atoms with Crippen LogP contribution in [-0.2, 0) is 9.47 Å². The monoisotopic (exact) mass is 624 g/mol. The second kappa shape index (κ2) is 25.4. The number of carbonyl (C=O) groups excluding carboxylic acids is 4. The fourth-order valence-electron chi connectivity index (χ4n) is 5.72. The van der Waals surface area contributed by atoms with Gasteiger partial charge < -0.3 is 41.4 Å². The maximum Gasteiger partial charge on any atom is 0.407 e. The van der Waals surface area contributed by atoms with Crippen LogP contribution in [0.2, 0.25) is 0 Å². The standard InChI is InChI=1S/C32H60N6O6/c39-29(35-23-25-43-31(41)37-27-17-11-9-12-18-27)33-21-15-7-5-3-1-2-4-6-8-16-22-34-30(40)36-24-26-44-32(42)38-28-19-13-10-14-20-28/h27-28H,1-26H2,(H,37,41)(H,38,42)(H2,33,35,39)(H2,34,36,40). The van der Waals surface area contributed by atoms with Crippen LogP contribution in [0.25, 0.3) is 0 Å². The number of unbranched alkanes of at least 4 members (excludes halogenated alkanes) is 9. The normalized spacial score (nSPS) is 15.5. The lowest BCUT2D eigenvalue weighted by atomic mass is 9.96. The van der Waals surface area contributed by atoms with Gasteiger partial charge in [0.1, 0.15) is 13.2 Å². The van der Waals surface area contributed by atoms with Crippen LogP contribution in [-0.4, -0.2) is 75.7 Å². The van der Waals surface area contributed by atoms with E-state index in [4.69, 9.17) is 9.47 Å². The number of amides is 6.